The second-order valence-corrected chi connectivity index (χ2v) is 9.91. The minimum atomic E-state index is -2.86. The highest BCUT2D eigenvalue weighted by Gasteiger charge is 2.57. The largest absolute Gasteiger partial charge is 0.475 e. The van der Waals surface area contributed by atoms with Crippen molar-refractivity contribution >= 4 is 29.6 Å². The number of aliphatic hydroxyl groups is 1. The third-order valence-electron chi connectivity index (χ3n) is 5.37. The predicted octanol–water partition coefficient (Wildman–Crippen LogP) is 3.88. The van der Waals surface area contributed by atoms with Crippen molar-refractivity contribution in [1.82, 2.24) is 4.90 Å². The van der Waals surface area contributed by atoms with Gasteiger partial charge in [-0.05, 0) is 69.5 Å². The van der Waals surface area contributed by atoms with Gasteiger partial charge in [-0.1, -0.05) is 29.8 Å². The van der Waals surface area contributed by atoms with E-state index in [1.54, 1.807) is 58.0 Å². The number of ether oxygens (including phenoxy) is 3. The van der Waals surface area contributed by atoms with Crippen molar-refractivity contribution in [2.45, 2.75) is 57.6 Å². The van der Waals surface area contributed by atoms with E-state index in [1.165, 1.54) is 17.0 Å². The molecular weight excluding hydrogens is 494 g/mol. The number of carboxylic acids is 2. The van der Waals surface area contributed by atoms with E-state index in [9.17, 15) is 29.7 Å². The molecule has 1 heterocycles. The van der Waals surface area contributed by atoms with Crippen molar-refractivity contribution in [2.75, 3.05) is 6.54 Å². The Morgan fingerprint density at radius 3 is 2.28 bits per heavy atom. The molecule has 2 atom stereocenters. The summed E-state index contributed by atoms with van der Waals surface area (Å²) in [6.45, 7) is 6.88. The molecule has 1 aliphatic rings. The van der Waals surface area contributed by atoms with E-state index in [2.05, 4.69) is 0 Å². The quantitative estimate of drug-likeness (QED) is 0.441. The second-order valence-electron chi connectivity index (χ2n) is 9.47. The van der Waals surface area contributed by atoms with Crippen LogP contribution >= 0.6 is 11.6 Å². The fourth-order valence-corrected chi connectivity index (χ4v) is 3.85. The van der Waals surface area contributed by atoms with Crippen LogP contribution in [0.4, 0.5) is 4.79 Å². The average molecular weight is 522 g/mol. The van der Waals surface area contributed by atoms with Gasteiger partial charge in [0.05, 0.1) is 12.6 Å². The Kier molecular flexibility index (Phi) is 7.70. The van der Waals surface area contributed by atoms with E-state index in [1.807, 2.05) is 0 Å². The first-order chi connectivity index (χ1) is 16.7. The van der Waals surface area contributed by atoms with Crippen LogP contribution in [0.2, 0.25) is 5.02 Å². The van der Waals surface area contributed by atoms with Gasteiger partial charge in [0, 0.05) is 11.1 Å². The van der Waals surface area contributed by atoms with Crippen LogP contribution in [0.3, 0.4) is 0 Å². The van der Waals surface area contributed by atoms with Gasteiger partial charge < -0.3 is 34.4 Å². The third kappa shape index (κ3) is 6.00. The smallest absolute Gasteiger partial charge is 0.453 e. The lowest BCUT2D eigenvalue weighted by Crippen LogP contribution is -2.54. The van der Waals surface area contributed by atoms with Gasteiger partial charge in [-0.15, -0.1) is 0 Å². The van der Waals surface area contributed by atoms with E-state index >= 15 is 0 Å². The average Bonchev–Trinajstić information content (AvgIpc) is 3.16. The van der Waals surface area contributed by atoms with E-state index in [0.717, 1.165) is 0 Å². The van der Waals surface area contributed by atoms with Gasteiger partial charge in [0.25, 0.3) is 0 Å². The number of fused-ring (bicyclic) bond motifs is 1. The molecule has 2 aromatic rings. The zero-order chi connectivity index (χ0) is 26.8. The molecular formula is C25H28ClNO9. The molecule has 3 N–H and O–H groups in total. The summed E-state index contributed by atoms with van der Waals surface area (Å²) in [5.41, 5.74) is 0.374. The van der Waals surface area contributed by atoms with Gasteiger partial charge >= 0.3 is 23.8 Å². The van der Waals surface area contributed by atoms with Crippen LogP contribution in [0.15, 0.2) is 42.5 Å². The van der Waals surface area contributed by atoms with Crippen LogP contribution in [0.1, 0.15) is 44.9 Å². The van der Waals surface area contributed by atoms with Crippen LogP contribution in [0.25, 0.3) is 0 Å². The van der Waals surface area contributed by atoms with E-state index in [-0.39, 0.29) is 24.5 Å². The number of benzene rings is 2. The van der Waals surface area contributed by atoms with Gasteiger partial charge in [0.2, 0.25) is 0 Å². The number of amides is 1. The number of nitrogens with zero attached hydrogens (tertiary/aromatic N) is 1. The molecule has 194 valence electrons. The lowest BCUT2D eigenvalue weighted by atomic mass is 10.0. The summed E-state index contributed by atoms with van der Waals surface area (Å²) in [5.74, 6) is -6.54. The molecule has 0 aromatic heterocycles. The van der Waals surface area contributed by atoms with Crippen molar-refractivity contribution in [1.29, 1.82) is 0 Å². The van der Waals surface area contributed by atoms with Crippen molar-refractivity contribution in [3.05, 3.63) is 58.6 Å². The van der Waals surface area contributed by atoms with Crippen LogP contribution in [-0.2, 0) is 20.7 Å². The van der Waals surface area contributed by atoms with Crippen LogP contribution in [0, 0.1) is 0 Å². The molecule has 0 bridgehead atoms. The number of carbonyl (C=O) groups excluding carboxylic acids is 1. The van der Waals surface area contributed by atoms with E-state index < -0.39 is 41.6 Å². The molecule has 0 spiro atoms. The number of aliphatic carboxylic acids is 2. The molecule has 1 aliphatic heterocycles. The molecule has 2 unspecified atom stereocenters. The Bertz CT molecular complexity index is 1150. The molecule has 0 aliphatic carbocycles. The number of aliphatic hydroxyl groups excluding tert-OH is 1. The molecule has 11 heteroatoms. The summed E-state index contributed by atoms with van der Waals surface area (Å²) in [4.78, 5) is 37.4. The fraction of sp³-hybridized carbons (Fsp3) is 0.400. The van der Waals surface area contributed by atoms with E-state index in [0.29, 0.717) is 16.1 Å². The van der Waals surface area contributed by atoms with Crippen LogP contribution in [-0.4, -0.2) is 62.2 Å². The van der Waals surface area contributed by atoms with E-state index in [4.69, 9.17) is 25.8 Å². The van der Waals surface area contributed by atoms with Gasteiger partial charge in [-0.3, -0.25) is 0 Å². The first-order valence-corrected chi connectivity index (χ1v) is 11.5. The highest BCUT2D eigenvalue weighted by molar-refractivity contribution is 6.30. The fourth-order valence-electron chi connectivity index (χ4n) is 3.65. The van der Waals surface area contributed by atoms with Gasteiger partial charge in [0.15, 0.2) is 11.5 Å². The number of carbonyl (C=O) groups is 3. The molecule has 0 saturated heterocycles. The number of halogens is 1. The monoisotopic (exact) mass is 521 g/mol. The van der Waals surface area contributed by atoms with Crippen molar-refractivity contribution in [3.63, 3.8) is 0 Å². The summed E-state index contributed by atoms with van der Waals surface area (Å²) in [6, 6.07) is 10.7. The number of hydrogen-bond acceptors (Lipinski definition) is 7. The minimum absolute atomic E-state index is 0.0309. The van der Waals surface area contributed by atoms with Crippen molar-refractivity contribution in [3.8, 4) is 11.5 Å². The van der Waals surface area contributed by atoms with Crippen molar-refractivity contribution < 1.29 is 43.9 Å². The number of carboxylic acid groups (broad SMARTS) is 2. The van der Waals surface area contributed by atoms with Crippen LogP contribution < -0.4 is 9.47 Å². The molecule has 2 aromatic carbocycles. The van der Waals surface area contributed by atoms with Crippen LogP contribution in [0.5, 0.6) is 11.5 Å². The lowest BCUT2D eigenvalue weighted by Gasteiger charge is -2.33. The maximum atomic E-state index is 13.0. The Morgan fingerprint density at radius 2 is 1.69 bits per heavy atom. The predicted molar refractivity (Wildman–Crippen MR) is 128 cm³/mol. The first kappa shape index (κ1) is 27.1. The molecule has 3 rings (SSSR count). The molecule has 0 radical (unpaired) electrons. The molecule has 0 fully saturated rings. The van der Waals surface area contributed by atoms with Gasteiger partial charge in [0.1, 0.15) is 5.60 Å². The summed E-state index contributed by atoms with van der Waals surface area (Å²) in [5, 5.41) is 29.9. The molecule has 1 amide bonds. The molecule has 10 nitrogen and oxygen atoms in total. The summed E-state index contributed by atoms with van der Waals surface area (Å²) < 4.78 is 15.8. The zero-order valence-corrected chi connectivity index (χ0v) is 21.0. The maximum Gasteiger partial charge on any atom is 0.453 e. The number of rotatable bonds is 8. The SMILES string of the molecule is CC(Cc1ccc2c(c1)OC(C(=O)O)(C(=O)O)O2)N(CC(O)c1cccc(Cl)c1)C(=O)OC(C)(C)C. The topological polar surface area (TPSA) is 143 Å². The second kappa shape index (κ2) is 10.2. The Balaban J connectivity index is 1.82. The Hall–Kier alpha value is -3.50. The summed E-state index contributed by atoms with van der Waals surface area (Å²) >= 11 is 6.04. The Labute approximate surface area is 212 Å². The maximum absolute atomic E-state index is 13.0. The normalized spacial score (nSPS) is 15.6. The van der Waals surface area contributed by atoms with Gasteiger partial charge in [-0.2, -0.15) is 0 Å². The lowest BCUT2D eigenvalue weighted by molar-refractivity contribution is -0.194. The zero-order valence-electron chi connectivity index (χ0n) is 20.2. The Morgan fingerprint density at radius 1 is 1.06 bits per heavy atom. The summed E-state index contributed by atoms with van der Waals surface area (Å²) in [7, 11) is 0. The standard InChI is InChI=1S/C25H28ClNO9/c1-14(10-15-8-9-19-20(11-15)35-25(34-19,21(29)30)22(31)32)27(23(33)36-24(2,3)4)13-18(28)16-6-5-7-17(26)12-16/h5-9,11-12,14,18,28H,10,13H2,1-4H3,(H,29,30)(H,31,32). The first-order valence-electron chi connectivity index (χ1n) is 11.1. The third-order valence-corrected chi connectivity index (χ3v) is 5.61. The molecule has 36 heavy (non-hydrogen) atoms. The highest BCUT2D eigenvalue weighted by Crippen LogP contribution is 2.40. The summed E-state index contributed by atoms with van der Waals surface area (Å²) in [6.07, 6.45) is -1.42. The molecule has 0 saturated carbocycles. The number of hydrogen-bond donors (Lipinski definition) is 3. The van der Waals surface area contributed by atoms with Crippen molar-refractivity contribution in [2.24, 2.45) is 0 Å². The van der Waals surface area contributed by atoms with Gasteiger partial charge in [-0.25, -0.2) is 14.4 Å². The minimum Gasteiger partial charge on any atom is -0.475 e. The highest BCUT2D eigenvalue weighted by atomic mass is 35.5.